The van der Waals surface area contributed by atoms with Crippen LogP contribution in [0.2, 0.25) is 0 Å². The number of nitrogens with zero attached hydrogens (tertiary/aromatic N) is 2. The lowest BCUT2D eigenvalue weighted by Crippen LogP contribution is -2.41. The summed E-state index contributed by atoms with van der Waals surface area (Å²) in [6, 6.07) is 0. The summed E-state index contributed by atoms with van der Waals surface area (Å²) in [6.45, 7) is 16.6. The minimum atomic E-state index is -0.340. The summed E-state index contributed by atoms with van der Waals surface area (Å²) >= 11 is 0. The van der Waals surface area contributed by atoms with Crippen molar-refractivity contribution < 1.29 is 4.79 Å². The zero-order valence-electron chi connectivity index (χ0n) is 15.0. The highest BCUT2D eigenvalue weighted by molar-refractivity contribution is 14.0. The lowest BCUT2D eigenvalue weighted by molar-refractivity contribution is -0.128. The molecule has 0 atom stereocenters. The summed E-state index contributed by atoms with van der Waals surface area (Å²) in [7, 11) is 0. The van der Waals surface area contributed by atoms with Crippen LogP contribution in [0.3, 0.4) is 0 Å². The molecule has 0 aliphatic carbocycles. The number of amides is 1. The Labute approximate surface area is 152 Å². The van der Waals surface area contributed by atoms with E-state index in [2.05, 4.69) is 41.3 Å². The van der Waals surface area contributed by atoms with Gasteiger partial charge in [0.15, 0.2) is 5.96 Å². The normalized spacial score (nSPS) is 17.9. The Bertz CT molecular complexity index is 388. The maximum Gasteiger partial charge on any atom is 0.225 e. The second kappa shape index (κ2) is 8.93. The average molecular weight is 424 g/mol. The van der Waals surface area contributed by atoms with Crippen molar-refractivity contribution in [2.75, 3.05) is 32.7 Å². The number of nitrogens with one attached hydrogen (secondary N) is 2. The molecule has 1 rings (SSSR count). The van der Waals surface area contributed by atoms with Crippen molar-refractivity contribution in [2.45, 2.75) is 48.0 Å². The predicted octanol–water partition coefficient (Wildman–Crippen LogP) is 2.46. The van der Waals surface area contributed by atoms with Crippen molar-refractivity contribution in [1.29, 1.82) is 0 Å². The van der Waals surface area contributed by atoms with Crippen LogP contribution in [0.4, 0.5) is 0 Å². The molecule has 1 fully saturated rings. The van der Waals surface area contributed by atoms with Gasteiger partial charge in [-0.05, 0) is 18.8 Å². The quantitative estimate of drug-likeness (QED) is 0.316. The molecule has 0 aromatic rings. The summed E-state index contributed by atoms with van der Waals surface area (Å²) in [6.07, 6.45) is 1.19. The third-order valence-corrected chi connectivity index (χ3v) is 3.65. The average Bonchev–Trinajstić information content (AvgIpc) is 2.72. The van der Waals surface area contributed by atoms with Crippen molar-refractivity contribution in [3.63, 3.8) is 0 Å². The van der Waals surface area contributed by atoms with E-state index in [0.717, 1.165) is 25.6 Å². The molecule has 1 heterocycles. The number of carbonyl (C=O) groups excluding carboxylic acids is 1. The van der Waals surface area contributed by atoms with Crippen LogP contribution < -0.4 is 10.6 Å². The van der Waals surface area contributed by atoms with E-state index in [1.165, 1.54) is 6.42 Å². The van der Waals surface area contributed by atoms with E-state index in [-0.39, 0.29) is 35.3 Å². The fraction of sp³-hybridized carbons (Fsp3) is 0.875. The largest absolute Gasteiger partial charge is 0.357 e. The lowest BCUT2D eigenvalue weighted by atomic mass is 9.93. The van der Waals surface area contributed by atoms with Crippen LogP contribution >= 0.6 is 24.0 Å². The number of carbonyl (C=O) groups is 1. The molecule has 0 aromatic heterocycles. The molecule has 0 radical (unpaired) electrons. The number of guanidine groups is 1. The second-order valence-electron chi connectivity index (χ2n) is 7.58. The van der Waals surface area contributed by atoms with E-state index in [4.69, 9.17) is 0 Å². The maximum atomic E-state index is 11.8. The summed E-state index contributed by atoms with van der Waals surface area (Å²) in [5.74, 6) is 1.04. The molecule has 0 aromatic carbocycles. The van der Waals surface area contributed by atoms with Gasteiger partial charge in [0, 0.05) is 31.6 Å². The van der Waals surface area contributed by atoms with Crippen molar-refractivity contribution >= 4 is 35.8 Å². The van der Waals surface area contributed by atoms with Crippen LogP contribution in [0.1, 0.15) is 48.0 Å². The predicted molar refractivity (Wildman–Crippen MR) is 104 cm³/mol. The third kappa shape index (κ3) is 7.15. The van der Waals surface area contributed by atoms with Gasteiger partial charge in [-0.2, -0.15) is 0 Å². The second-order valence-corrected chi connectivity index (χ2v) is 7.58. The van der Waals surface area contributed by atoms with Crippen LogP contribution in [-0.4, -0.2) is 49.5 Å². The topological polar surface area (TPSA) is 56.7 Å². The Hall–Kier alpha value is -0.530. The Balaban J connectivity index is 0.00000441. The molecule has 0 saturated carbocycles. The van der Waals surface area contributed by atoms with Crippen LogP contribution in [0, 0.1) is 10.8 Å². The van der Waals surface area contributed by atoms with Gasteiger partial charge < -0.3 is 15.5 Å². The number of halogens is 1. The summed E-state index contributed by atoms with van der Waals surface area (Å²) in [5, 5.41) is 6.28. The molecule has 5 nitrogen and oxygen atoms in total. The van der Waals surface area contributed by atoms with Gasteiger partial charge in [0.25, 0.3) is 0 Å². The number of aliphatic imine (C=N–C) groups is 1. The summed E-state index contributed by atoms with van der Waals surface area (Å²) in [4.78, 5) is 18.7. The van der Waals surface area contributed by atoms with Crippen molar-refractivity contribution in [3.8, 4) is 0 Å². The number of hydrogen-bond acceptors (Lipinski definition) is 2. The third-order valence-electron chi connectivity index (χ3n) is 3.65. The fourth-order valence-corrected chi connectivity index (χ4v) is 2.32. The van der Waals surface area contributed by atoms with Crippen LogP contribution in [-0.2, 0) is 4.79 Å². The molecule has 0 unspecified atom stereocenters. The van der Waals surface area contributed by atoms with Crippen molar-refractivity contribution in [2.24, 2.45) is 15.8 Å². The highest BCUT2D eigenvalue weighted by Gasteiger charge is 2.30. The number of rotatable bonds is 4. The maximum absolute atomic E-state index is 11.8. The first-order valence-corrected chi connectivity index (χ1v) is 7.97. The highest BCUT2D eigenvalue weighted by atomic mass is 127. The number of hydrogen-bond donors (Lipinski definition) is 2. The molecule has 1 amide bonds. The summed E-state index contributed by atoms with van der Waals surface area (Å²) in [5.41, 5.74) is 0.0177. The molecule has 0 spiro atoms. The molecule has 1 saturated heterocycles. The molecule has 0 bridgehead atoms. The molecular weight excluding hydrogens is 391 g/mol. The fourth-order valence-electron chi connectivity index (χ4n) is 2.32. The monoisotopic (exact) mass is 424 g/mol. The lowest BCUT2D eigenvalue weighted by Gasteiger charge is -2.24. The Morgan fingerprint density at radius 2 is 1.91 bits per heavy atom. The van der Waals surface area contributed by atoms with E-state index in [9.17, 15) is 4.79 Å². The van der Waals surface area contributed by atoms with Crippen molar-refractivity contribution in [1.82, 2.24) is 15.5 Å². The minimum Gasteiger partial charge on any atom is -0.357 e. The van der Waals surface area contributed by atoms with E-state index < -0.39 is 0 Å². The molecule has 1 aliphatic heterocycles. The minimum absolute atomic E-state index is 0. The Morgan fingerprint density at radius 3 is 2.36 bits per heavy atom. The molecule has 1 aliphatic rings. The first-order valence-electron chi connectivity index (χ1n) is 7.97. The van der Waals surface area contributed by atoms with E-state index in [1.54, 1.807) is 0 Å². The van der Waals surface area contributed by atoms with Gasteiger partial charge in [-0.3, -0.25) is 9.79 Å². The first-order chi connectivity index (χ1) is 9.65. The van der Waals surface area contributed by atoms with E-state index in [1.807, 2.05) is 20.8 Å². The number of likely N-dealkylation sites (tertiary alicyclic amines) is 1. The molecule has 22 heavy (non-hydrogen) atoms. The molecular formula is C16H33IN4O. The SMILES string of the molecule is CCNC(=NCCNC(=O)C(C)(C)C)N1CCC(C)(C)C1.I. The zero-order chi connectivity index (χ0) is 16.1. The Morgan fingerprint density at radius 1 is 1.27 bits per heavy atom. The van der Waals surface area contributed by atoms with Gasteiger partial charge in [-0.25, -0.2) is 0 Å². The summed E-state index contributed by atoms with van der Waals surface area (Å²) < 4.78 is 0. The van der Waals surface area contributed by atoms with Gasteiger partial charge in [0.2, 0.25) is 5.91 Å². The standard InChI is InChI=1S/C16H32N4O.HI/c1-7-17-14(20-11-8-16(5,6)12-20)19-10-9-18-13(21)15(2,3)4;/h7-12H2,1-6H3,(H,17,19)(H,18,21);1H. The van der Waals surface area contributed by atoms with Gasteiger partial charge in [-0.15, -0.1) is 24.0 Å². The molecule has 130 valence electrons. The molecule has 2 N–H and O–H groups in total. The zero-order valence-corrected chi connectivity index (χ0v) is 17.3. The van der Waals surface area contributed by atoms with Gasteiger partial charge in [0.05, 0.1) is 6.54 Å². The highest BCUT2D eigenvalue weighted by Crippen LogP contribution is 2.28. The van der Waals surface area contributed by atoms with Crippen LogP contribution in [0.25, 0.3) is 0 Å². The van der Waals surface area contributed by atoms with E-state index in [0.29, 0.717) is 18.5 Å². The van der Waals surface area contributed by atoms with Gasteiger partial charge in [0.1, 0.15) is 0 Å². The van der Waals surface area contributed by atoms with Gasteiger partial charge >= 0.3 is 0 Å². The van der Waals surface area contributed by atoms with E-state index >= 15 is 0 Å². The van der Waals surface area contributed by atoms with Crippen LogP contribution in [0.15, 0.2) is 4.99 Å². The molecule has 6 heteroatoms. The van der Waals surface area contributed by atoms with Gasteiger partial charge in [-0.1, -0.05) is 34.6 Å². The Kier molecular flexibility index (Phi) is 8.72. The van der Waals surface area contributed by atoms with Crippen LogP contribution in [0.5, 0.6) is 0 Å². The smallest absolute Gasteiger partial charge is 0.225 e. The first kappa shape index (κ1) is 21.5. The van der Waals surface area contributed by atoms with Crippen molar-refractivity contribution in [3.05, 3.63) is 0 Å².